The highest BCUT2D eigenvalue weighted by Crippen LogP contribution is 2.34. The van der Waals surface area contributed by atoms with Gasteiger partial charge in [0.05, 0.1) is 63.8 Å². The van der Waals surface area contributed by atoms with Crippen LogP contribution in [0.15, 0.2) is 0 Å². The Labute approximate surface area is 262 Å². The molecule has 0 radical (unpaired) electrons. The molecule has 13 nitrogen and oxygen atoms in total. The smallest absolute Gasteiger partial charge is 0.315 e. The van der Waals surface area contributed by atoms with Crippen molar-refractivity contribution < 1.29 is 33.4 Å². The Morgan fingerprint density at radius 2 is 1.05 bits per heavy atom. The minimum atomic E-state index is -0.0619. The predicted octanol–water partition coefficient (Wildman–Crippen LogP) is 0.720. The fourth-order valence-electron chi connectivity index (χ4n) is 5.79. The zero-order valence-electron chi connectivity index (χ0n) is 24.9. The summed E-state index contributed by atoms with van der Waals surface area (Å²) >= 11 is 3.80. The van der Waals surface area contributed by atoms with E-state index in [1.165, 1.54) is 0 Å². The van der Waals surface area contributed by atoms with Crippen LogP contribution in [-0.4, -0.2) is 123 Å². The topological polar surface area (TPSA) is 168 Å². The first kappa shape index (κ1) is 33.9. The molecule has 4 saturated heterocycles. The summed E-state index contributed by atoms with van der Waals surface area (Å²) in [7, 11) is 0. The number of fused-ring (bicyclic) bond motifs is 2. The van der Waals surface area contributed by atoms with Crippen molar-refractivity contribution in [3.63, 3.8) is 0 Å². The Hall–Kier alpha value is -1.94. The molecule has 0 bridgehead atoms. The molecule has 43 heavy (non-hydrogen) atoms. The standard InChI is InChI=1S/C28H48N6O7S2/c35-23(7-3-1-5-21-25-19(17-42-21)31-27(37)33-25)29-9-11-39-13-15-41-16-14-40-12-10-30-24(36)8-4-2-6-22-26-20(18-43-22)32-28(38)34-26/h19-22,25-26H,1-18H2,(H,29,35)(H,30,36)(H2,31,33,37)(H2,32,34,38). The Morgan fingerprint density at radius 1 is 0.628 bits per heavy atom. The Kier molecular flexibility index (Phi) is 14.8. The van der Waals surface area contributed by atoms with Gasteiger partial charge >= 0.3 is 12.1 Å². The van der Waals surface area contributed by atoms with E-state index >= 15 is 0 Å². The second kappa shape index (κ2) is 18.8. The molecule has 0 aliphatic carbocycles. The number of amides is 6. The van der Waals surface area contributed by atoms with Crippen LogP contribution in [0.5, 0.6) is 0 Å². The highest BCUT2D eigenvalue weighted by Gasteiger charge is 2.43. The van der Waals surface area contributed by atoms with Crippen LogP contribution in [0.4, 0.5) is 9.59 Å². The van der Waals surface area contributed by atoms with Crippen molar-refractivity contribution in [2.75, 3.05) is 64.2 Å². The number of hydrogen-bond acceptors (Lipinski definition) is 9. The molecule has 244 valence electrons. The minimum absolute atomic E-state index is 0.0386. The number of nitrogens with one attached hydrogen (secondary N) is 6. The molecular weight excluding hydrogens is 596 g/mol. The van der Waals surface area contributed by atoms with Crippen LogP contribution >= 0.6 is 23.5 Å². The lowest BCUT2D eigenvalue weighted by atomic mass is 10.0. The number of hydrogen-bond donors (Lipinski definition) is 6. The summed E-state index contributed by atoms with van der Waals surface area (Å²) in [6.07, 6.45) is 6.65. The van der Waals surface area contributed by atoms with E-state index in [1.807, 2.05) is 23.5 Å². The Morgan fingerprint density at radius 3 is 1.49 bits per heavy atom. The van der Waals surface area contributed by atoms with Gasteiger partial charge in [0.1, 0.15) is 0 Å². The van der Waals surface area contributed by atoms with Gasteiger partial charge in [0, 0.05) is 47.9 Å². The number of rotatable bonds is 22. The van der Waals surface area contributed by atoms with Crippen LogP contribution < -0.4 is 31.9 Å². The van der Waals surface area contributed by atoms with E-state index in [0.717, 1.165) is 50.0 Å². The van der Waals surface area contributed by atoms with Gasteiger partial charge in [-0.25, -0.2) is 9.59 Å². The predicted molar refractivity (Wildman–Crippen MR) is 166 cm³/mol. The van der Waals surface area contributed by atoms with Crippen LogP contribution in [-0.2, 0) is 23.8 Å². The van der Waals surface area contributed by atoms with Gasteiger partial charge in [0.25, 0.3) is 0 Å². The van der Waals surface area contributed by atoms with Gasteiger partial charge in [-0.2, -0.15) is 23.5 Å². The molecule has 6 amide bonds. The van der Waals surface area contributed by atoms with E-state index in [2.05, 4.69) is 31.9 Å². The second-order valence-electron chi connectivity index (χ2n) is 11.3. The molecule has 6 unspecified atom stereocenters. The minimum Gasteiger partial charge on any atom is -0.377 e. The first-order chi connectivity index (χ1) is 21.0. The first-order valence-electron chi connectivity index (χ1n) is 15.6. The lowest BCUT2D eigenvalue weighted by Crippen LogP contribution is -2.36. The summed E-state index contributed by atoms with van der Waals surface area (Å²) in [4.78, 5) is 46.9. The highest BCUT2D eigenvalue weighted by molar-refractivity contribution is 8.00. The maximum Gasteiger partial charge on any atom is 0.315 e. The maximum atomic E-state index is 12.0. The van der Waals surface area contributed by atoms with Crippen molar-refractivity contribution in [3.05, 3.63) is 0 Å². The third kappa shape index (κ3) is 11.8. The van der Waals surface area contributed by atoms with E-state index < -0.39 is 0 Å². The number of carbonyl (C=O) groups excluding carboxylic acids is 4. The van der Waals surface area contributed by atoms with Gasteiger partial charge < -0.3 is 46.1 Å². The molecule has 6 atom stereocenters. The summed E-state index contributed by atoms with van der Waals surface area (Å²) in [6, 6.07) is 0.810. The van der Waals surface area contributed by atoms with Crippen molar-refractivity contribution >= 4 is 47.4 Å². The van der Waals surface area contributed by atoms with Crippen LogP contribution in [0.2, 0.25) is 0 Å². The van der Waals surface area contributed by atoms with Crippen LogP contribution in [0.3, 0.4) is 0 Å². The van der Waals surface area contributed by atoms with Gasteiger partial charge in [-0.15, -0.1) is 0 Å². The normalized spacial score (nSPS) is 27.2. The molecule has 4 rings (SSSR count). The van der Waals surface area contributed by atoms with Crippen molar-refractivity contribution in [2.45, 2.75) is 86.0 Å². The van der Waals surface area contributed by atoms with Crippen molar-refractivity contribution in [2.24, 2.45) is 0 Å². The fraction of sp³-hybridized carbons (Fsp3) is 0.857. The summed E-state index contributed by atoms with van der Waals surface area (Å²) in [6.45, 7) is 3.64. The molecule has 4 aliphatic rings. The second-order valence-corrected chi connectivity index (χ2v) is 13.8. The first-order valence-corrected chi connectivity index (χ1v) is 17.7. The van der Waals surface area contributed by atoms with E-state index in [0.29, 0.717) is 76.1 Å². The van der Waals surface area contributed by atoms with Gasteiger partial charge in [-0.3, -0.25) is 9.59 Å². The highest BCUT2D eigenvalue weighted by atomic mass is 32.2. The maximum absolute atomic E-state index is 12.0. The van der Waals surface area contributed by atoms with Gasteiger partial charge in [0.15, 0.2) is 0 Å². The van der Waals surface area contributed by atoms with Crippen molar-refractivity contribution in [1.82, 2.24) is 31.9 Å². The molecule has 4 fully saturated rings. The lowest BCUT2D eigenvalue weighted by Gasteiger charge is -2.16. The zero-order chi connectivity index (χ0) is 30.3. The zero-order valence-corrected chi connectivity index (χ0v) is 26.5. The van der Waals surface area contributed by atoms with Crippen LogP contribution in [0.25, 0.3) is 0 Å². The summed E-state index contributed by atoms with van der Waals surface area (Å²) < 4.78 is 16.5. The van der Waals surface area contributed by atoms with Crippen molar-refractivity contribution in [1.29, 1.82) is 0 Å². The lowest BCUT2D eigenvalue weighted by molar-refractivity contribution is -0.122. The Bertz CT molecular complexity index is 849. The third-order valence-electron chi connectivity index (χ3n) is 8.04. The molecule has 6 N–H and O–H groups in total. The summed E-state index contributed by atoms with van der Waals surface area (Å²) in [5.41, 5.74) is 0. The van der Waals surface area contributed by atoms with Crippen LogP contribution in [0.1, 0.15) is 51.4 Å². The molecule has 0 spiro atoms. The average Bonchev–Trinajstić information content (AvgIpc) is 3.74. The molecule has 15 heteroatoms. The average molecular weight is 645 g/mol. The quantitative estimate of drug-likeness (QED) is 0.0735. The number of ether oxygens (including phenoxy) is 3. The monoisotopic (exact) mass is 644 g/mol. The number of carbonyl (C=O) groups is 4. The van der Waals surface area contributed by atoms with E-state index in [9.17, 15) is 19.2 Å². The van der Waals surface area contributed by atoms with E-state index in [4.69, 9.17) is 14.2 Å². The number of unbranched alkanes of at least 4 members (excludes halogenated alkanes) is 2. The molecule has 0 aromatic heterocycles. The van der Waals surface area contributed by atoms with E-state index in [-0.39, 0.29) is 48.0 Å². The molecule has 0 saturated carbocycles. The van der Waals surface area contributed by atoms with Crippen molar-refractivity contribution in [3.8, 4) is 0 Å². The summed E-state index contributed by atoms with van der Waals surface area (Å²) in [5.74, 6) is 1.99. The van der Waals surface area contributed by atoms with E-state index in [1.54, 1.807) is 0 Å². The molecule has 4 aliphatic heterocycles. The Balaban J connectivity index is 0.838. The third-order valence-corrected chi connectivity index (χ3v) is 11.1. The van der Waals surface area contributed by atoms with Crippen LogP contribution in [0, 0.1) is 0 Å². The molecule has 0 aromatic carbocycles. The van der Waals surface area contributed by atoms with Gasteiger partial charge in [-0.1, -0.05) is 12.8 Å². The molecule has 4 heterocycles. The number of thioether (sulfide) groups is 2. The number of urea groups is 2. The summed E-state index contributed by atoms with van der Waals surface area (Å²) in [5, 5.41) is 18.5. The van der Waals surface area contributed by atoms with Gasteiger partial charge in [0.2, 0.25) is 11.8 Å². The molecule has 0 aromatic rings. The SMILES string of the molecule is O=C(CCCCC1SCC2NC(=O)NC21)NCCOCCOCCOCCNC(=O)CCCCC1SCC2NC(=O)NC21. The fourth-order valence-corrected chi connectivity index (χ4v) is 8.88. The van der Waals surface area contributed by atoms with Gasteiger partial charge in [-0.05, 0) is 25.7 Å². The largest absolute Gasteiger partial charge is 0.377 e. The molecular formula is C28H48N6O7S2.